The van der Waals surface area contributed by atoms with E-state index in [4.69, 9.17) is 11.5 Å². The summed E-state index contributed by atoms with van der Waals surface area (Å²) in [7, 11) is 0. The molecule has 0 aliphatic rings. The van der Waals surface area contributed by atoms with Crippen molar-refractivity contribution in [3.63, 3.8) is 0 Å². The van der Waals surface area contributed by atoms with E-state index in [2.05, 4.69) is 0 Å². The van der Waals surface area contributed by atoms with Gasteiger partial charge in [-0.1, -0.05) is 0 Å². The molecule has 44 heavy (non-hydrogen) atoms. The van der Waals surface area contributed by atoms with Crippen molar-refractivity contribution in [1.29, 1.82) is 0 Å². The van der Waals surface area contributed by atoms with Gasteiger partial charge in [0, 0.05) is 38.3 Å². The van der Waals surface area contributed by atoms with Crippen molar-refractivity contribution >= 4 is 45.5 Å². The third kappa shape index (κ3) is 7.60. The van der Waals surface area contributed by atoms with Gasteiger partial charge in [0.2, 0.25) is 0 Å². The van der Waals surface area contributed by atoms with Crippen LogP contribution in [0.25, 0.3) is 0 Å². The first-order valence-corrected chi connectivity index (χ1v) is 12.3. The molecular formula is C22H26F6N8O8. The molecule has 0 aliphatic carbocycles. The molecule has 22 heteroatoms. The van der Waals surface area contributed by atoms with Crippen molar-refractivity contribution in [3.05, 3.63) is 63.7 Å². The summed E-state index contributed by atoms with van der Waals surface area (Å²) in [5, 5.41) is 44.4. The fourth-order valence-electron chi connectivity index (χ4n) is 4.14. The molecule has 0 atom stereocenters. The summed E-state index contributed by atoms with van der Waals surface area (Å²) < 4.78 is 77.4. The third-order valence-electron chi connectivity index (χ3n) is 6.12. The van der Waals surface area contributed by atoms with Gasteiger partial charge in [0.1, 0.15) is 11.4 Å². The minimum absolute atomic E-state index is 0.128. The van der Waals surface area contributed by atoms with Gasteiger partial charge in [-0.05, 0) is 27.7 Å². The maximum atomic E-state index is 12.9. The Morgan fingerprint density at radius 1 is 0.591 bits per heavy atom. The van der Waals surface area contributed by atoms with E-state index in [9.17, 15) is 66.8 Å². The summed E-state index contributed by atoms with van der Waals surface area (Å²) in [5.74, 6) is 0. The van der Waals surface area contributed by atoms with Crippen LogP contribution in [0.15, 0.2) is 12.1 Å². The fourth-order valence-corrected chi connectivity index (χ4v) is 4.14. The van der Waals surface area contributed by atoms with Gasteiger partial charge in [0.25, 0.3) is 11.4 Å². The summed E-state index contributed by atoms with van der Waals surface area (Å²) in [6.07, 6.45) is -10.1. The second kappa shape index (κ2) is 13.9. The average molecular weight is 644 g/mol. The molecule has 0 saturated heterocycles. The highest BCUT2D eigenvalue weighted by atomic mass is 19.4. The number of benzene rings is 2. The van der Waals surface area contributed by atoms with E-state index in [1.54, 1.807) is 27.7 Å². The molecule has 0 unspecified atom stereocenters. The topological polar surface area (TPSA) is 231 Å². The lowest BCUT2D eigenvalue weighted by Crippen LogP contribution is -2.25. The van der Waals surface area contributed by atoms with Gasteiger partial charge < -0.3 is 21.3 Å². The molecule has 0 fully saturated rings. The van der Waals surface area contributed by atoms with Crippen LogP contribution >= 0.6 is 0 Å². The smallest absolute Gasteiger partial charge is 0.393 e. The van der Waals surface area contributed by atoms with Gasteiger partial charge >= 0.3 is 23.7 Å². The van der Waals surface area contributed by atoms with Crippen LogP contribution in [0.5, 0.6) is 0 Å². The highest BCUT2D eigenvalue weighted by Gasteiger charge is 2.44. The van der Waals surface area contributed by atoms with Crippen LogP contribution in [0.2, 0.25) is 0 Å². The van der Waals surface area contributed by atoms with Crippen LogP contribution in [0.4, 0.5) is 71.8 Å². The largest absolute Gasteiger partial charge is 0.418 e. The van der Waals surface area contributed by atoms with Crippen molar-refractivity contribution in [3.8, 4) is 0 Å². The van der Waals surface area contributed by atoms with Gasteiger partial charge in [-0.2, -0.15) is 26.3 Å². The number of nitro groups is 4. The molecule has 2 aromatic rings. The Morgan fingerprint density at radius 2 is 0.841 bits per heavy atom. The van der Waals surface area contributed by atoms with Crippen LogP contribution < -0.4 is 21.3 Å². The minimum Gasteiger partial charge on any atom is -0.393 e. The standard InChI is InChI=1S/2C11H13F3N4O4/c2*1-3-16(4-2)9-7(17(19)20)5-6(11(12,13)14)8(15)10(9)18(21)22/h2*5H,3-4,15H2,1-2H3. The molecule has 0 bridgehead atoms. The zero-order chi connectivity index (χ0) is 34.5. The molecule has 16 nitrogen and oxygen atoms in total. The number of rotatable bonds is 10. The van der Waals surface area contributed by atoms with E-state index in [0.717, 1.165) is 0 Å². The second-order valence-corrected chi connectivity index (χ2v) is 8.48. The predicted octanol–water partition coefficient (Wildman–Crippen LogP) is 5.90. The zero-order valence-electron chi connectivity index (χ0n) is 23.4. The first-order valence-electron chi connectivity index (χ1n) is 12.3. The number of hydrogen-bond acceptors (Lipinski definition) is 12. The average Bonchev–Trinajstić information content (AvgIpc) is 2.88. The highest BCUT2D eigenvalue weighted by molar-refractivity contribution is 5.87. The molecular weight excluding hydrogens is 618 g/mol. The lowest BCUT2D eigenvalue weighted by molar-refractivity contribution is -0.392. The summed E-state index contributed by atoms with van der Waals surface area (Å²) in [4.78, 5) is 42.4. The Morgan fingerprint density at radius 3 is 1.00 bits per heavy atom. The normalized spacial score (nSPS) is 11.3. The third-order valence-corrected chi connectivity index (χ3v) is 6.12. The van der Waals surface area contributed by atoms with Crippen molar-refractivity contribution in [1.82, 2.24) is 0 Å². The molecule has 0 saturated carbocycles. The number of nitrogens with two attached hydrogens (primary N) is 2. The van der Waals surface area contributed by atoms with Gasteiger partial charge in [-0.15, -0.1) is 0 Å². The zero-order valence-corrected chi connectivity index (χ0v) is 23.4. The van der Waals surface area contributed by atoms with Gasteiger partial charge in [0.15, 0.2) is 11.4 Å². The van der Waals surface area contributed by atoms with Gasteiger partial charge in [-0.3, -0.25) is 40.5 Å². The maximum absolute atomic E-state index is 12.9. The van der Waals surface area contributed by atoms with E-state index in [0.29, 0.717) is 0 Å². The Hall–Kier alpha value is -5.18. The lowest BCUT2D eigenvalue weighted by atomic mass is 10.1. The van der Waals surface area contributed by atoms with E-state index in [1.165, 1.54) is 9.80 Å². The van der Waals surface area contributed by atoms with Crippen LogP contribution in [0, 0.1) is 40.5 Å². The van der Waals surface area contributed by atoms with Crippen molar-refractivity contribution in [2.24, 2.45) is 0 Å². The van der Waals surface area contributed by atoms with Crippen LogP contribution in [0.3, 0.4) is 0 Å². The number of nitrogens with zero attached hydrogens (tertiary/aromatic N) is 6. The quantitative estimate of drug-likeness (QED) is 0.133. The Balaban J connectivity index is 0.000000440. The Labute approximate surface area is 243 Å². The number of alkyl halides is 6. The monoisotopic (exact) mass is 644 g/mol. The van der Waals surface area contributed by atoms with Crippen molar-refractivity contribution in [2.75, 3.05) is 47.4 Å². The molecule has 0 radical (unpaired) electrons. The number of hydrogen-bond donors (Lipinski definition) is 2. The minimum atomic E-state index is -5.04. The SMILES string of the molecule is CCN(CC)c1c([N+](=O)[O-])cc(C(F)(F)F)c(N)c1[N+](=O)[O-].CCN(CC)c1c([N+](=O)[O-])cc(C(F)(F)F)c(N)c1[N+](=O)[O-]. The number of nitrogen functional groups attached to an aromatic ring is 2. The van der Waals surface area contributed by atoms with E-state index in [-0.39, 0.29) is 38.3 Å². The molecule has 2 rings (SSSR count). The van der Waals surface area contributed by atoms with Crippen LogP contribution in [-0.2, 0) is 12.4 Å². The van der Waals surface area contributed by atoms with E-state index in [1.807, 2.05) is 0 Å². The highest BCUT2D eigenvalue weighted by Crippen LogP contribution is 2.49. The molecule has 0 amide bonds. The molecule has 2 aromatic carbocycles. The van der Waals surface area contributed by atoms with Gasteiger partial charge in [0.05, 0.1) is 30.8 Å². The number of halogens is 6. The van der Waals surface area contributed by atoms with Crippen molar-refractivity contribution < 1.29 is 46.0 Å². The number of nitro benzene ring substituents is 4. The summed E-state index contributed by atoms with van der Waals surface area (Å²) in [5.41, 5.74) is -0.170. The van der Waals surface area contributed by atoms with Crippen LogP contribution in [-0.4, -0.2) is 45.9 Å². The molecule has 244 valence electrons. The fraction of sp³-hybridized carbons (Fsp3) is 0.455. The van der Waals surface area contributed by atoms with E-state index >= 15 is 0 Å². The molecule has 0 aliphatic heterocycles. The first kappa shape index (κ1) is 36.8. The molecule has 0 spiro atoms. The van der Waals surface area contributed by atoms with Gasteiger partial charge in [-0.25, -0.2) is 0 Å². The number of anilines is 4. The predicted molar refractivity (Wildman–Crippen MR) is 145 cm³/mol. The Bertz CT molecular complexity index is 1340. The lowest BCUT2D eigenvalue weighted by Gasteiger charge is -2.22. The molecule has 0 heterocycles. The summed E-state index contributed by atoms with van der Waals surface area (Å²) in [6.45, 7) is 6.75. The summed E-state index contributed by atoms with van der Waals surface area (Å²) >= 11 is 0. The molecule has 0 aromatic heterocycles. The summed E-state index contributed by atoms with van der Waals surface area (Å²) in [6, 6.07) is 0.464. The van der Waals surface area contributed by atoms with E-state index < -0.39 is 88.7 Å². The van der Waals surface area contributed by atoms with Crippen molar-refractivity contribution in [2.45, 2.75) is 40.0 Å². The Kier molecular flexibility index (Phi) is 11.6. The molecule has 4 N–H and O–H groups in total. The first-order chi connectivity index (χ1) is 20.1. The maximum Gasteiger partial charge on any atom is 0.418 e. The second-order valence-electron chi connectivity index (χ2n) is 8.48. The van der Waals surface area contributed by atoms with Crippen LogP contribution in [0.1, 0.15) is 38.8 Å².